The van der Waals surface area contributed by atoms with Crippen LogP contribution in [0.3, 0.4) is 0 Å². The Labute approximate surface area is 217 Å². The number of aryl methyl sites for hydroxylation is 2. The van der Waals surface area contributed by atoms with Crippen molar-refractivity contribution in [2.75, 3.05) is 0 Å². The van der Waals surface area contributed by atoms with Crippen molar-refractivity contribution in [3.05, 3.63) is 117 Å². The summed E-state index contributed by atoms with van der Waals surface area (Å²) >= 11 is 0. The van der Waals surface area contributed by atoms with E-state index in [4.69, 9.17) is 4.74 Å². The topological polar surface area (TPSA) is 72.1 Å². The maximum Gasteiger partial charge on any atom is 0.417 e. The predicted octanol–water partition coefficient (Wildman–Crippen LogP) is 7.07. The first kappa shape index (κ1) is 26.4. The van der Waals surface area contributed by atoms with Gasteiger partial charge in [-0.1, -0.05) is 35.9 Å². The zero-order valence-electron chi connectivity index (χ0n) is 20.9. The summed E-state index contributed by atoms with van der Waals surface area (Å²) in [7, 11) is 0. The Kier molecular flexibility index (Phi) is 7.22. The minimum Gasteiger partial charge on any atom is -0.457 e. The molecule has 5 nitrogen and oxygen atoms in total. The van der Waals surface area contributed by atoms with E-state index in [0.717, 1.165) is 22.8 Å². The minimum atomic E-state index is -4.89. The number of rotatable bonds is 6. The summed E-state index contributed by atoms with van der Waals surface area (Å²) in [5.74, 6) is 0.700. The smallest absolute Gasteiger partial charge is 0.417 e. The van der Waals surface area contributed by atoms with Crippen molar-refractivity contribution >= 4 is 5.78 Å². The number of ether oxygens (including phenoxy) is 1. The third-order valence-corrected chi connectivity index (χ3v) is 6.17. The largest absolute Gasteiger partial charge is 0.457 e. The fourth-order valence-corrected chi connectivity index (χ4v) is 4.18. The fraction of sp³-hybridized carbons (Fsp3) is 0.167. The van der Waals surface area contributed by atoms with E-state index >= 15 is 0 Å². The van der Waals surface area contributed by atoms with E-state index in [9.17, 15) is 28.0 Å². The molecule has 0 aliphatic heterocycles. The molecule has 0 saturated heterocycles. The van der Waals surface area contributed by atoms with E-state index in [0.29, 0.717) is 22.6 Å². The summed E-state index contributed by atoms with van der Waals surface area (Å²) < 4.78 is 48.5. The van der Waals surface area contributed by atoms with Gasteiger partial charge in [0.15, 0.2) is 5.78 Å². The van der Waals surface area contributed by atoms with Crippen LogP contribution in [-0.2, 0) is 12.7 Å². The Balaban J connectivity index is 1.81. The van der Waals surface area contributed by atoms with Crippen LogP contribution < -0.4 is 10.3 Å². The van der Waals surface area contributed by atoms with Crippen LogP contribution in [0.2, 0.25) is 0 Å². The summed E-state index contributed by atoms with van der Waals surface area (Å²) in [4.78, 5) is 24.9. The van der Waals surface area contributed by atoms with Crippen molar-refractivity contribution in [3.63, 3.8) is 0 Å². The third-order valence-electron chi connectivity index (χ3n) is 6.17. The molecule has 192 valence electrons. The van der Waals surface area contributed by atoms with Crippen LogP contribution in [0.25, 0.3) is 11.3 Å². The van der Waals surface area contributed by atoms with Crippen LogP contribution in [0, 0.1) is 25.2 Å². The second-order valence-corrected chi connectivity index (χ2v) is 8.96. The van der Waals surface area contributed by atoms with E-state index in [1.807, 2.05) is 32.0 Å². The van der Waals surface area contributed by atoms with Gasteiger partial charge in [-0.2, -0.15) is 18.4 Å². The lowest BCUT2D eigenvalue weighted by atomic mass is 10.0. The number of halogens is 3. The zero-order valence-corrected chi connectivity index (χ0v) is 20.9. The molecule has 0 atom stereocenters. The van der Waals surface area contributed by atoms with Gasteiger partial charge < -0.3 is 9.30 Å². The molecule has 0 fully saturated rings. The van der Waals surface area contributed by atoms with Crippen molar-refractivity contribution in [1.29, 1.82) is 5.26 Å². The van der Waals surface area contributed by atoms with Crippen LogP contribution in [0.5, 0.6) is 11.5 Å². The Morgan fingerprint density at radius 2 is 1.68 bits per heavy atom. The number of nitriles is 1. The second kappa shape index (κ2) is 10.4. The Hall–Kier alpha value is -4.64. The highest BCUT2D eigenvalue weighted by atomic mass is 19.4. The third kappa shape index (κ3) is 5.52. The molecule has 3 aromatic carbocycles. The first-order valence-electron chi connectivity index (χ1n) is 11.7. The van der Waals surface area contributed by atoms with Crippen LogP contribution in [0.15, 0.2) is 77.6 Å². The van der Waals surface area contributed by atoms with Crippen LogP contribution >= 0.6 is 0 Å². The lowest BCUT2D eigenvalue weighted by Crippen LogP contribution is -2.29. The maximum absolute atomic E-state index is 13.8. The molecular formula is C30H23F3N2O3. The number of carbonyl (C=O) groups excluding carboxylic acids is 1. The van der Waals surface area contributed by atoms with Gasteiger partial charge in [0.25, 0.3) is 5.56 Å². The number of carbonyl (C=O) groups is 1. The zero-order chi connectivity index (χ0) is 27.6. The van der Waals surface area contributed by atoms with Gasteiger partial charge in [-0.25, -0.2) is 0 Å². The van der Waals surface area contributed by atoms with Gasteiger partial charge in [-0.15, -0.1) is 0 Å². The molecule has 1 aromatic heterocycles. The number of hydrogen-bond donors (Lipinski definition) is 0. The average molecular weight is 517 g/mol. The molecule has 0 N–H and O–H groups in total. The normalized spacial score (nSPS) is 11.2. The molecule has 0 aliphatic carbocycles. The molecule has 0 aliphatic rings. The number of aromatic nitrogens is 1. The summed E-state index contributed by atoms with van der Waals surface area (Å²) in [6.45, 7) is 5.21. The molecule has 0 amide bonds. The lowest BCUT2D eigenvalue weighted by Gasteiger charge is -2.19. The van der Waals surface area contributed by atoms with E-state index in [-0.39, 0.29) is 18.0 Å². The van der Waals surface area contributed by atoms with E-state index in [2.05, 4.69) is 0 Å². The maximum atomic E-state index is 13.8. The molecule has 0 unspecified atom stereocenters. The summed E-state index contributed by atoms with van der Waals surface area (Å²) in [6.07, 6.45) is -4.89. The monoisotopic (exact) mass is 516 g/mol. The van der Waals surface area contributed by atoms with Gasteiger partial charge in [0.2, 0.25) is 0 Å². The molecule has 0 spiro atoms. The summed E-state index contributed by atoms with van der Waals surface area (Å²) in [5, 5.41) is 9.43. The number of nitrogens with zero attached hydrogens (tertiary/aromatic N) is 2. The minimum absolute atomic E-state index is 0.0107. The fourth-order valence-electron chi connectivity index (χ4n) is 4.18. The second-order valence-electron chi connectivity index (χ2n) is 8.96. The number of benzene rings is 3. The van der Waals surface area contributed by atoms with E-state index in [1.165, 1.54) is 17.6 Å². The van der Waals surface area contributed by atoms with Gasteiger partial charge >= 0.3 is 6.18 Å². The van der Waals surface area contributed by atoms with E-state index < -0.39 is 22.9 Å². The predicted molar refractivity (Wildman–Crippen MR) is 137 cm³/mol. The van der Waals surface area contributed by atoms with Crippen LogP contribution in [0.4, 0.5) is 13.2 Å². The molecule has 0 radical (unpaired) electrons. The van der Waals surface area contributed by atoms with E-state index in [1.54, 1.807) is 48.5 Å². The summed E-state index contributed by atoms with van der Waals surface area (Å²) in [5.41, 5.74) is 0.220. The van der Waals surface area contributed by atoms with Crippen LogP contribution in [-0.4, -0.2) is 10.4 Å². The van der Waals surface area contributed by atoms with Crippen LogP contribution in [0.1, 0.15) is 45.1 Å². The first-order valence-corrected chi connectivity index (χ1v) is 11.7. The number of alkyl halides is 3. The molecule has 4 aromatic rings. The van der Waals surface area contributed by atoms with Crippen molar-refractivity contribution in [1.82, 2.24) is 4.57 Å². The van der Waals surface area contributed by atoms with Crippen molar-refractivity contribution < 1.29 is 22.7 Å². The van der Waals surface area contributed by atoms with Gasteiger partial charge in [0.05, 0.1) is 17.8 Å². The highest BCUT2D eigenvalue weighted by Crippen LogP contribution is 2.34. The average Bonchev–Trinajstić information content (AvgIpc) is 2.86. The molecule has 0 saturated carbocycles. The van der Waals surface area contributed by atoms with Crippen molar-refractivity contribution in [2.45, 2.75) is 33.5 Å². The van der Waals surface area contributed by atoms with Crippen molar-refractivity contribution in [3.8, 4) is 28.8 Å². The highest BCUT2D eigenvalue weighted by molar-refractivity contribution is 5.94. The number of ketones is 1. The first-order chi connectivity index (χ1) is 18.0. The molecule has 38 heavy (non-hydrogen) atoms. The summed E-state index contributed by atoms with van der Waals surface area (Å²) in [6, 6.07) is 20.7. The van der Waals surface area contributed by atoms with Gasteiger partial charge in [-0.3, -0.25) is 9.59 Å². The Bertz CT molecular complexity index is 1630. The Morgan fingerprint density at radius 3 is 2.29 bits per heavy atom. The van der Waals surface area contributed by atoms with Gasteiger partial charge in [-0.05, 0) is 79.9 Å². The lowest BCUT2D eigenvalue weighted by molar-refractivity contribution is -0.137. The molecule has 8 heteroatoms. The highest BCUT2D eigenvalue weighted by Gasteiger charge is 2.36. The standard InChI is InChI=1S/C30H23F3N2O3/c1-18-7-8-23(19(2)13-18)17-35-28(15-27(30(31,32)33)26(16-34)29(35)37)21-9-11-24(12-10-21)38-25-6-4-5-22(14-25)20(3)36/h4-15H,17H2,1-3H3. The molecule has 4 rings (SSSR count). The van der Waals surface area contributed by atoms with Gasteiger partial charge in [0.1, 0.15) is 23.1 Å². The van der Waals surface area contributed by atoms with Gasteiger partial charge in [0, 0.05) is 5.56 Å². The number of pyridine rings is 1. The Morgan fingerprint density at radius 1 is 0.974 bits per heavy atom. The van der Waals surface area contributed by atoms with Crippen molar-refractivity contribution in [2.24, 2.45) is 0 Å². The number of hydrogen-bond acceptors (Lipinski definition) is 4. The number of Topliss-reactive ketones (excluding diaryl/α,β-unsaturated/α-hetero) is 1. The molecule has 1 heterocycles. The SMILES string of the molecule is CC(=O)c1cccc(Oc2ccc(-c3cc(C(F)(F)F)c(C#N)c(=O)n3Cc3ccc(C)cc3C)cc2)c1. The quantitative estimate of drug-likeness (QED) is 0.257. The molecular weight excluding hydrogens is 493 g/mol. The molecule has 0 bridgehead atoms.